The summed E-state index contributed by atoms with van der Waals surface area (Å²) in [5.41, 5.74) is 0. The van der Waals surface area contributed by atoms with Crippen molar-refractivity contribution >= 4 is 0 Å². The lowest BCUT2D eigenvalue weighted by Crippen LogP contribution is -2.66. The molecule has 0 N–H and O–H groups in total. The minimum Gasteiger partial charge on any atom is -0.315 e. The highest BCUT2D eigenvalue weighted by Crippen LogP contribution is 2.37. The molecular formula is C14H30N+. The second kappa shape index (κ2) is 4.86. The minimum absolute atomic E-state index is 0.757. The summed E-state index contributed by atoms with van der Waals surface area (Å²) in [6, 6.07) is 3.19. The van der Waals surface area contributed by atoms with Gasteiger partial charge in [0.05, 0.1) is 24.2 Å². The molecule has 0 atom stereocenters. The van der Waals surface area contributed by atoms with Crippen LogP contribution in [-0.2, 0) is 0 Å². The lowest BCUT2D eigenvalue weighted by Gasteiger charge is -2.53. The summed E-state index contributed by atoms with van der Waals surface area (Å²) < 4.78 is 1.33. The van der Waals surface area contributed by atoms with E-state index in [1.54, 1.807) is 0 Å². The molecule has 90 valence electrons. The van der Waals surface area contributed by atoms with E-state index >= 15 is 0 Å². The third-order valence-electron chi connectivity index (χ3n) is 4.64. The smallest absolute Gasteiger partial charge is 0.0896 e. The van der Waals surface area contributed by atoms with E-state index in [-0.39, 0.29) is 0 Å². The van der Waals surface area contributed by atoms with Gasteiger partial charge in [0, 0.05) is 0 Å². The molecule has 1 fully saturated rings. The molecule has 1 aliphatic carbocycles. The van der Waals surface area contributed by atoms with E-state index in [2.05, 4.69) is 41.5 Å². The Bertz CT molecular complexity index is 166. The zero-order chi connectivity index (χ0) is 11.6. The monoisotopic (exact) mass is 212 g/mol. The van der Waals surface area contributed by atoms with Gasteiger partial charge in [-0.1, -0.05) is 0 Å². The van der Waals surface area contributed by atoms with Gasteiger partial charge in [-0.05, 0) is 67.2 Å². The van der Waals surface area contributed by atoms with Gasteiger partial charge in [-0.2, -0.15) is 0 Å². The quantitative estimate of drug-likeness (QED) is 0.619. The molecule has 0 radical (unpaired) electrons. The number of hydrogen-bond donors (Lipinski definition) is 0. The molecule has 0 spiro atoms. The van der Waals surface area contributed by atoms with Crippen LogP contribution in [0.15, 0.2) is 0 Å². The average Bonchev–Trinajstić information content (AvgIpc) is 2.55. The van der Waals surface area contributed by atoms with Crippen LogP contribution in [0, 0.1) is 0 Å². The summed E-state index contributed by atoms with van der Waals surface area (Å²) in [5.74, 6) is 0. The van der Waals surface area contributed by atoms with Crippen LogP contribution in [0.25, 0.3) is 0 Å². The largest absolute Gasteiger partial charge is 0.315 e. The molecule has 0 heterocycles. The first-order valence-corrected chi connectivity index (χ1v) is 6.81. The van der Waals surface area contributed by atoms with Crippen molar-refractivity contribution in [3.8, 4) is 0 Å². The molecule has 0 aliphatic heterocycles. The Hall–Kier alpha value is -0.0400. The first-order chi connectivity index (χ1) is 6.94. The molecule has 0 unspecified atom stereocenters. The van der Waals surface area contributed by atoms with Crippen LogP contribution in [0.1, 0.15) is 67.2 Å². The third-order valence-corrected chi connectivity index (χ3v) is 4.64. The molecule has 0 saturated heterocycles. The van der Waals surface area contributed by atoms with Gasteiger partial charge in [-0.25, -0.2) is 0 Å². The highest BCUT2D eigenvalue weighted by molar-refractivity contribution is 4.74. The van der Waals surface area contributed by atoms with Gasteiger partial charge in [0.1, 0.15) is 0 Å². The molecule has 1 heteroatoms. The van der Waals surface area contributed by atoms with Crippen molar-refractivity contribution in [3.63, 3.8) is 0 Å². The van der Waals surface area contributed by atoms with E-state index in [0.29, 0.717) is 0 Å². The van der Waals surface area contributed by atoms with Gasteiger partial charge in [-0.3, -0.25) is 0 Å². The van der Waals surface area contributed by atoms with Crippen LogP contribution in [0.2, 0.25) is 0 Å². The van der Waals surface area contributed by atoms with Gasteiger partial charge in [0.2, 0.25) is 0 Å². The Morgan fingerprint density at radius 1 is 0.733 bits per heavy atom. The third kappa shape index (κ3) is 2.08. The summed E-state index contributed by atoms with van der Waals surface area (Å²) in [6.45, 7) is 14.5. The van der Waals surface area contributed by atoms with Crippen LogP contribution < -0.4 is 0 Å². The lowest BCUT2D eigenvalue weighted by atomic mass is 9.98. The molecule has 15 heavy (non-hydrogen) atoms. The molecule has 0 amide bonds. The predicted octanol–water partition coefficient (Wildman–Crippen LogP) is 3.97. The Morgan fingerprint density at radius 2 is 1.07 bits per heavy atom. The molecule has 0 aromatic carbocycles. The highest BCUT2D eigenvalue weighted by Gasteiger charge is 2.45. The normalized spacial score (nSPS) is 19.8. The van der Waals surface area contributed by atoms with E-state index in [4.69, 9.17) is 0 Å². The standard InChI is InChI=1S/C14H30N/c1-11(2)15(12(3)4,13(5)6)14-9-7-8-10-14/h11-14H,7-10H2,1-6H3/q+1. The maximum Gasteiger partial charge on any atom is 0.0896 e. The lowest BCUT2D eigenvalue weighted by molar-refractivity contribution is -1.01. The first kappa shape index (κ1) is 13.0. The van der Waals surface area contributed by atoms with Crippen molar-refractivity contribution in [2.45, 2.75) is 91.4 Å². The zero-order valence-electron chi connectivity index (χ0n) is 11.6. The van der Waals surface area contributed by atoms with Crippen LogP contribution in [0.3, 0.4) is 0 Å². The van der Waals surface area contributed by atoms with Gasteiger partial charge >= 0.3 is 0 Å². The zero-order valence-corrected chi connectivity index (χ0v) is 11.6. The van der Waals surface area contributed by atoms with Crippen LogP contribution in [-0.4, -0.2) is 28.7 Å². The van der Waals surface area contributed by atoms with Crippen LogP contribution in [0.5, 0.6) is 0 Å². The topological polar surface area (TPSA) is 0 Å². The second-order valence-electron chi connectivity index (χ2n) is 6.11. The molecular weight excluding hydrogens is 182 g/mol. The number of rotatable bonds is 4. The molecule has 1 nitrogen and oxygen atoms in total. The van der Waals surface area contributed by atoms with E-state index in [1.807, 2.05) is 0 Å². The molecule has 1 saturated carbocycles. The van der Waals surface area contributed by atoms with Gasteiger partial charge in [0.25, 0.3) is 0 Å². The Kier molecular flexibility index (Phi) is 4.22. The van der Waals surface area contributed by atoms with E-state index < -0.39 is 0 Å². The average molecular weight is 212 g/mol. The fraction of sp³-hybridized carbons (Fsp3) is 1.00. The van der Waals surface area contributed by atoms with Crippen LogP contribution >= 0.6 is 0 Å². The second-order valence-corrected chi connectivity index (χ2v) is 6.11. The van der Waals surface area contributed by atoms with Gasteiger partial charge in [0.15, 0.2) is 0 Å². The number of quaternary nitrogens is 1. The summed E-state index contributed by atoms with van der Waals surface area (Å²) in [6.07, 6.45) is 5.82. The first-order valence-electron chi connectivity index (χ1n) is 6.81. The summed E-state index contributed by atoms with van der Waals surface area (Å²) in [4.78, 5) is 0. The van der Waals surface area contributed by atoms with E-state index in [0.717, 1.165) is 24.2 Å². The Labute approximate surface area is 96.4 Å². The molecule has 1 aliphatic rings. The van der Waals surface area contributed by atoms with Gasteiger partial charge < -0.3 is 4.48 Å². The summed E-state index contributed by atoms with van der Waals surface area (Å²) in [7, 11) is 0. The SMILES string of the molecule is CC(C)[N+](C(C)C)(C(C)C)C1CCCC1. The van der Waals surface area contributed by atoms with Crippen molar-refractivity contribution in [3.05, 3.63) is 0 Å². The van der Waals surface area contributed by atoms with Gasteiger partial charge in [-0.15, -0.1) is 0 Å². The predicted molar refractivity (Wildman–Crippen MR) is 67.9 cm³/mol. The van der Waals surface area contributed by atoms with E-state index in [9.17, 15) is 0 Å². The number of hydrogen-bond acceptors (Lipinski definition) is 0. The maximum atomic E-state index is 2.42. The fourth-order valence-electron chi connectivity index (χ4n) is 4.41. The summed E-state index contributed by atoms with van der Waals surface area (Å²) >= 11 is 0. The van der Waals surface area contributed by atoms with Crippen LogP contribution in [0.4, 0.5) is 0 Å². The Balaban J connectivity index is 3.00. The molecule has 0 bridgehead atoms. The molecule has 0 aromatic heterocycles. The van der Waals surface area contributed by atoms with Crippen molar-refractivity contribution in [1.82, 2.24) is 0 Å². The van der Waals surface area contributed by atoms with Crippen molar-refractivity contribution in [2.75, 3.05) is 0 Å². The van der Waals surface area contributed by atoms with Crippen molar-refractivity contribution in [1.29, 1.82) is 0 Å². The van der Waals surface area contributed by atoms with Crippen molar-refractivity contribution in [2.24, 2.45) is 0 Å². The molecule has 0 aromatic rings. The highest BCUT2D eigenvalue weighted by atomic mass is 15.4. The summed E-state index contributed by atoms with van der Waals surface area (Å²) in [5, 5.41) is 0. The molecule has 1 rings (SSSR count). The number of nitrogens with zero attached hydrogens (tertiary/aromatic N) is 1. The van der Waals surface area contributed by atoms with E-state index in [1.165, 1.54) is 30.2 Å². The maximum absolute atomic E-state index is 2.42. The Morgan fingerprint density at radius 3 is 1.33 bits per heavy atom. The van der Waals surface area contributed by atoms with Crippen molar-refractivity contribution < 1.29 is 4.48 Å². The fourth-order valence-corrected chi connectivity index (χ4v) is 4.41. The minimum atomic E-state index is 0.757.